The number of carbonyl (C=O) groups excluding carboxylic acids is 3. The van der Waals surface area contributed by atoms with Crippen LogP contribution in [0.25, 0.3) is 5.69 Å². The van der Waals surface area contributed by atoms with Gasteiger partial charge < -0.3 is 20.1 Å². The first-order chi connectivity index (χ1) is 22.1. The number of aryl methyl sites for hydroxylation is 1. The zero-order valence-electron chi connectivity index (χ0n) is 24.9. The van der Waals surface area contributed by atoms with E-state index < -0.39 is 23.6 Å². The van der Waals surface area contributed by atoms with Crippen LogP contribution in [0.3, 0.4) is 0 Å². The van der Waals surface area contributed by atoms with E-state index in [4.69, 9.17) is 9.47 Å². The number of esters is 1. The van der Waals surface area contributed by atoms with Crippen molar-refractivity contribution in [3.05, 3.63) is 81.5 Å². The summed E-state index contributed by atoms with van der Waals surface area (Å²) in [6.07, 6.45) is -2.07. The number of anilines is 1. The minimum absolute atomic E-state index is 0.0589. The summed E-state index contributed by atoms with van der Waals surface area (Å²) in [7, 11) is 1.54. The van der Waals surface area contributed by atoms with Crippen LogP contribution in [0, 0.1) is 0 Å². The summed E-state index contributed by atoms with van der Waals surface area (Å²) in [6.45, 7) is 1.78. The van der Waals surface area contributed by atoms with Crippen molar-refractivity contribution in [1.82, 2.24) is 20.1 Å². The molecular weight excluding hydrogens is 643 g/mol. The first kappa shape index (κ1) is 33.0. The normalized spacial score (nSPS) is 12.5. The van der Waals surface area contributed by atoms with Gasteiger partial charge in [0.1, 0.15) is 10.8 Å². The van der Waals surface area contributed by atoms with Crippen molar-refractivity contribution >= 4 is 45.9 Å². The summed E-state index contributed by atoms with van der Waals surface area (Å²) >= 11 is 2.30. The number of halogens is 3. The maximum atomic E-state index is 13.6. The van der Waals surface area contributed by atoms with Crippen LogP contribution in [0.5, 0.6) is 5.75 Å². The molecule has 0 unspecified atom stereocenters. The molecule has 0 bridgehead atoms. The molecule has 0 atom stereocenters. The highest BCUT2D eigenvalue weighted by atomic mass is 32.2. The molecule has 15 heteroatoms. The third-order valence-electron chi connectivity index (χ3n) is 7.09. The maximum Gasteiger partial charge on any atom is 0.416 e. The summed E-state index contributed by atoms with van der Waals surface area (Å²) in [5.74, 6) is -0.625. The Bertz CT molecular complexity index is 1740. The van der Waals surface area contributed by atoms with Crippen molar-refractivity contribution in [1.29, 1.82) is 0 Å². The Morgan fingerprint density at radius 1 is 1.07 bits per heavy atom. The first-order valence-electron chi connectivity index (χ1n) is 14.3. The van der Waals surface area contributed by atoms with E-state index >= 15 is 0 Å². The number of thioether (sulfide) groups is 1. The Kier molecular flexibility index (Phi) is 10.3. The quantitative estimate of drug-likeness (QED) is 0.147. The van der Waals surface area contributed by atoms with E-state index in [1.54, 1.807) is 31.2 Å². The lowest BCUT2D eigenvalue weighted by Crippen LogP contribution is -2.26. The second-order valence-corrected chi connectivity index (χ2v) is 12.3. The molecule has 2 amide bonds. The fourth-order valence-electron chi connectivity index (χ4n) is 4.96. The third-order valence-corrected chi connectivity index (χ3v) is 9.22. The molecular formula is C31H30F3N5O5S2. The molecule has 2 N–H and O–H groups in total. The average molecular weight is 674 g/mol. The standard InChI is InChI=1S/C31H30F3N5O5S2/c1-3-44-29(42)27-22-8-5-9-23(22)46-28(27)36-26(41)17-45-30-38-37-24(39(30)20-7-4-6-19(15-20)31(32,33)34)16-35-25(40)14-18-10-12-21(43-2)13-11-18/h4,6-7,10-13,15H,3,5,8-9,14,16-17H2,1-2H3,(H,35,40)(H,36,41). The van der Waals surface area contributed by atoms with E-state index in [0.29, 0.717) is 16.3 Å². The van der Waals surface area contributed by atoms with Crippen molar-refractivity contribution in [2.24, 2.45) is 0 Å². The summed E-state index contributed by atoms with van der Waals surface area (Å²) in [6, 6.07) is 11.6. The Morgan fingerprint density at radius 2 is 1.85 bits per heavy atom. The number of hydrogen-bond donors (Lipinski definition) is 2. The first-order valence-corrected chi connectivity index (χ1v) is 16.1. The predicted octanol–water partition coefficient (Wildman–Crippen LogP) is 5.61. The number of methoxy groups -OCH3 is 1. The van der Waals surface area contributed by atoms with E-state index in [0.717, 1.165) is 59.2 Å². The summed E-state index contributed by atoms with van der Waals surface area (Å²) in [4.78, 5) is 39.5. The molecule has 0 saturated carbocycles. The van der Waals surface area contributed by atoms with Crippen molar-refractivity contribution in [2.75, 3.05) is 24.8 Å². The van der Waals surface area contributed by atoms with Crippen LogP contribution in [0.1, 0.15) is 51.1 Å². The van der Waals surface area contributed by atoms with Crippen LogP contribution in [0.4, 0.5) is 18.2 Å². The van der Waals surface area contributed by atoms with Gasteiger partial charge in [0.05, 0.1) is 49.2 Å². The molecule has 1 aliphatic rings. The predicted molar refractivity (Wildman–Crippen MR) is 167 cm³/mol. The van der Waals surface area contributed by atoms with Crippen LogP contribution >= 0.6 is 23.1 Å². The summed E-state index contributed by atoms with van der Waals surface area (Å²) < 4.78 is 52.5. The highest BCUT2D eigenvalue weighted by molar-refractivity contribution is 7.99. The fraction of sp³-hybridized carbons (Fsp3) is 0.323. The molecule has 0 spiro atoms. The van der Waals surface area contributed by atoms with Gasteiger partial charge >= 0.3 is 12.1 Å². The molecule has 0 saturated heterocycles. The van der Waals surface area contributed by atoms with Crippen molar-refractivity contribution < 1.29 is 37.0 Å². The lowest BCUT2D eigenvalue weighted by molar-refractivity contribution is -0.137. The Labute approximate surface area is 270 Å². The molecule has 4 aromatic rings. The number of fused-ring (bicyclic) bond motifs is 1. The SMILES string of the molecule is CCOC(=O)c1c(NC(=O)CSc2nnc(CNC(=O)Cc3ccc(OC)cc3)n2-c2cccc(C(F)(F)F)c2)sc2c1CCC2. The van der Waals surface area contributed by atoms with E-state index in [2.05, 4.69) is 20.8 Å². The number of aromatic nitrogens is 3. The molecule has 2 aromatic heterocycles. The van der Waals surface area contributed by atoms with Gasteiger partial charge in [0.25, 0.3) is 0 Å². The highest BCUT2D eigenvalue weighted by Gasteiger charge is 2.31. The molecule has 242 valence electrons. The molecule has 1 aliphatic carbocycles. The number of amides is 2. The number of rotatable bonds is 12. The molecule has 0 radical (unpaired) electrons. The van der Waals surface area contributed by atoms with Gasteiger partial charge in [-0.05, 0) is 67.6 Å². The van der Waals surface area contributed by atoms with Crippen LogP contribution in [0.2, 0.25) is 0 Å². The minimum Gasteiger partial charge on any atom is -0.497 e. The minimum atomic E-state index is -4.60. The van der Waals surface area contributed by atoms with Crippen LogP contribution in [-0.4, -0.2) is 52.0 Å². The Morgan fingerprint density at radius 3 is 2.57 bits per heavy atom. The fourth-order valence-corrected chi connectivity index (χ4v) is 7.03. The zero-order valence-corrected chi connectivity index (χ0v) is 26.5. The number of thiophene rings is 1. The van der Waals surface area contributed by atoms with Crippen molar-refractivity contribution in [3.63, 3.8) is 0 Å². The topological polar surface area (TPSA) is 124 Å². The van der Waals surface area contributed by atoms with Crippen molar-refractivity contribution in [2.45, 2.75) is 50.5 Å². The average Bonchev–Trinajstić information content (AvgIpc) is 3.74. The number of hydrogen-bond acceptors (Lipinski definition) is 9. The number of benzene rings is 2. The number of nitrogens with zero attached hydrogens (tertiary/aromatic N) is 3. The van der Waals surface area contributed by atoms with Gasteiger partial charge in [0.15, 0.2) is 11.0 Å². The van der Waals surface area contributed by atoms with E-state index in [1.165, 1.54) is 35.1 Å². The van der Waals surface area contributed by atoms with Gasteiger partial charge in [-0.15, -0.1) is 21.5 Å². The number of carbonyl (C=O) groups is 3. The van der Waals surface area contributed by atoms with Gasteiger partial charge in [-0.1, -0.05) is 30.0 Å². The summed E-state index contributed by atoms with van der Waals surface area (Å²) in [5.41, 5.74) is 1.24. The number of ether oxygens (including phenoxy) is 2. The molecule has 0 fully saturated rings. The molecule has 0 aliphatic heterocycles. The zero-order chi connectivity index (χ0) is 32.8. The van der Waals surface area contributed by atoms with E-state index in [1.807, 2.05) is 0 Å². The van der Waals surface area contributed by atoms with Gasteiger partial charge in [-0.25, -0.2) is 4.79 Å². The number of alkyl halides is 3. The van der Waals surface area contributed by atoms with Crippen molar-refractivity contribution in [3.8, 4) is 11.4 Å². The molecule has 46 heavy (non-hydrogen) atoms. The monoisotopic (exact) mass is 673 g/mol. The molecule has 5 rings (SSSR count). The molecule has 2 heterocycles. The second-order valence-electron chi connectivity index (χ2n) is 10.2. The lowest BCUT2D eigenvalue weighted by atomic mass is 10.1. The Hall–Kier alpha value is -4.37. The largest absolute Gasteiger partial charge is 0.497 e. The number of nitrogens with one attached hydrogen (secondary N) is 2. The molecule has 2 aromatic carbocycles. The Balaban J connectivity index is 1.33. The van der Waals surface area contributed by atoms with Gasteiger partial charge in [-0.2, -0.15) is 13.2 Å². The van der Waals surface area contributed by atoms with Crippen LogP contribution < -0.4 is 15.4 Å². The van der Waals surface area contributed by atoms with E-state index in [-0.39, 0.29) is 47.9 Å². The maximum absolute atomic E-state index is 13.6. The lowest BCUT2D eigenvalue weighted by Gasteiger charge is -2.14. The van der Waals surface area contributed by atoms with Gasteiger partial charge in [0, 0.05) is 4.88 Å². The third kappa shape index (κ3) is 7.70. The van der Waals surface area contributed by atoms with Gasteiger partial charge in [-0.3, -0.25) is 14.2 Å². The van der Waals surface area contributed by atoms with Crippen LogP contribution in [-0.2, 0) is 46.3 Å². The van der Waals surface area contributed by atoms with E-state index in [9.17, 15) is 27.6 Å². The smallest absolute Gasteiger partial charge is 0.416 e. The van der Waals surface area contributed by atoms with Gasteiger partial charge in [0.2, 0.25) is 11.8 Å². The highest BCUT2D eigenvalue weighted by Crippen LogP contribution is 2.40. The van der Waals surface area contributed by atoms with Crippen LogP contribution in [0.15, 0.2) is 53.7 Å². The second kappa shape index (κ2) is 14.4. The molecule has 10 nitrogen and oxygen atoms in total. The summed E-state index contributed by atoms with van der Waals surface area (Å²) in [5, 5.41) is 14.4.